The molecule has 0 aromatic heterocycles. The van der Waals surface area contributed by atoms with Crippen molar-refractivity contribution in [2.24, 2.45) is 5.41 Å². The van der Waals surface area contributed by atoms with Crippen molar-refractivity contribution in [3.05, 3.63) is 165 Å². The molecular weight excluding hydrogens is 727 g/mol. The van der Waals surface area contributed by atoms with Crippen LogP contribution in [0.25, 0.3) is 23.3 Å². The van der Waals surface area contributed by atoms with Gasteiger partial charge in [0.05, 0.1) is 0 Å². The number of fused-ring (bicyclic) bond motifs is 5. The Morgan fingerprint density at radius 1 is 0.720 bits per heavy atom. The number of allylic oxidation sites excluding steroid dienone is 6. The molecule has 0 nitrogen and oxygen atoms in total. The summed E-state index contributed by atoms with van der Waals surface area (Å²) in [6, 6.07) is 31.1. The maximum atomic E-state index is 3.50. The second-order valence-electron chi connectivity index (χ2n) is 15.7. The average Bonchev–Trinajstić information content (AvgIpc) is 3.83. The van der Waals surface area contributed by atoms with E-state index in [1.807, 2.05) is 0 Å². The van der Waals surface area contributed by atoms with Gasteiger partial charge >= 0.3 is 112 Å². The van der Waals surface area contributed by atoms with Gasteiger partial charge in [-0.05, 0) is 45.9 Å². The van der Waals surface area contributed by atoms with Crippen LogP contribution in [0.3, 0.4) is 0 Å². The van der Waals surface area contributed by atoms with E-state index < -0.39 is 0 Å². The topological polar surface area (TPSA) is 0 Å². The van der Waals surface area contributed by atoms with Crippen molar-refractivity contribution in [3.8, 4) is 11.1 Å². The Morgan fingerprint density at radius 2 is 1.26 bits per heavy atom. The minimum atomic E-state index is 0. The van der Waals surface area contributed by atoms with Gasteiger partial charge in [0.15, 0.2) is 0 Å². The van der Waals surface area contributed by atoms with Gasteiger partial charge in [-0.1, -0.05) is 83.6 Å². The van der Waals surface area contributed by atoms with Crippen molar-refractivity contribution in [2.75, 3.05) is 0 Å². The quantitative estimate of drug-likeness (QED) is 0.209. The molecule has 0 bridgehead atoms. The van der Waals surface area contributed by atoms with E-state index in [9.17, 15) is 0 Å². The Labute approximate surface area is 329 Å². The summed E-state index contributed by atoms with van der Waals surface area (Å²) < 4.78 is 1.60. The number of benzene rings is 4. The second-order valence-corrected chi connectivity index (χ2v) is 17.5. The molecule has 0 fully saturated rings. The molecule has 0 heterocycles. The maximum absolute atomic E-state index is 3.50. The molecule has 4 aromatic rings. The molecule has 3 heteroatoms. The second kappa shape index (κ2) is 16.2. The molecule has 4 aliphatic rings. The molecule has 50 heavy (non-hydrogen) atoms. The third-order valence-corrected chi connectivity index (χ3v) is 10.8. The molecule has 4 aromatic carbocycles. The van der Waals surface area contributed by atoms with Crippen LogP contribution in [0.1, 0.15) is 99.4 Å². The zero-order valence-electron chi connectivity index (χ0n) is 30.6. The summed E-state index contributed by atoms with van der Waals surface area (Å²) >= 11 is 1.55. The fraction of sp³-hybridized carbons (Fsp3) is 0.298. The minimum absolute atomic E-state index is 0. The van der Waals surface area contributed by atoms with Gasteiger partial charge in [-0.3, -0.25) is 12.2 Å². The van der Waals surface area contributed by atoms with Gasteiger partial charge in [0.2, 0.25) is 0 Å². The van der Waals surface area contributed by atoms with E-state index in [1.54, 1.807) is 27.4 Å². The predicted molar refractivity (Wildman–Crippen MR) is 203 cm³/mol. The van der Waals surface area contributed by atoms with E-state index in [0.29, 0.717) is 5.41 Å². The monoisotopic (exact) mass is 772 g/mol. The van der Waals surface area contributed by atoms with Crippen molar-refractivity contribution < 1.29 is 49.0 Å². The third kappa shape index (κ3) is 9.15. The number of halogens is 2. The van der Waals surface area contributed by atoms with Gasteiger partial charge in [0.25, 0.3) is 0 Å². The summed E-state index contributed by atoms with van der Waals surface area (Å²) in [5.74, 6) is 0. The summed E-state index contributed by atoms with van der Waals surface area (Å²) in [6.07, 6.45) is 22.1. The summed E-state index contributed by atoms with van der Waals surface area (Å²) in [5, 5.41) is 0. The van der Waals surface area contributed by atoms with Crippen LogP contribution in [0.5, 0.6) is 0 Å². The van der Waals surface area contributed by atoms with E-state index in [4.69, 9.17) is 0 Å². The normalized spacial score (nSPS) is 15.9. The predicted octanol–water partition coefficient (Wildman–Crippen LogP) is 5.59. The third-order valence-electron chi connectivity index (χ3n) is 9.94. The fourth-order valence-corrected chi connectivity index (χ4v) is 8.07. The molecule has 0 atom stereocenters. The number of rotatable bonds is 4. The first kappa shape index (κ1) is 40.0. The zero-order chi connectivity index (χ0) is 34.1. The molecule has 8 rings (SSSR count). The molecule has 4 aliphatic carbocycles. The van der Waals surface area contributed by atoms with E-state index in [-0.39, 0.29) is 35.6 Å². The molecule has 0 saturated heterocycles. The van der Waals surface area contributed by atoms with Crippen LogP contribution in [0, 0.1) is 17.6 Å². The standard InChI is InChI=1S/C23H21.C15H14.C9H13.2ClH.Zr/c1-22(2)7-5-14-10-18-16(12-20(14)22)9-17-13-21-15(11-19(17)18)6-8-23(21,3)4;1-3-8-14(9-4-1)12-7-13-15-10-5-2-6-11-15;1-9(2,3)8-6-4-5-7-8;;;/h5-7,10-13H,9H2,1-4H3;1-6,8-11H,12-13H2;6-7H,4H2,1-3H3;2*1H;/q-1;;-1;;;+2/p-2. The molecule has 0 aliphatic heterocycles. The van der Waals surface area contributed by atoms with E-state index in [1.165, 1.54) is 61.2 Å². The van der Waals surface area contributed by atoms with Crippen molar-refractivity contribution in [1.82, 2.24) is 0 Å². The van der Waals surface area contributed by atoms with Crippen LogP contribution < -0.4 is 24.8 Å². The van der Waals surface area contributed by atoms with Gasteiger partial charge in [-0.2, -0.15) is 17.2 Å². The van der Waals surface area contributed by atoms with E-state index >= 15 is 0 Å². The number of hydrogen-bond acceptors (Lipinski definition) is 0. The molecule has 0 radical (unpaired) electrons. The summed E-state index contributed by atoms with van der Waals surface area (Å²) in [7, 11) is 0. The molecule has 0 saturated carbocycles. The van der Waals surface area contributed by atoms with Crippen molar-refractivity contribution in [3.63, 3.8) is 0 Å². The van der Waals surface area contributed by atoms with Gasteiger partial charge in [-0.15, -0.1) is 18.1 Å². The first-order valence-electron chi connectivity index (χ1n) is 17.4. The van der Waals surface area contributed by atoms with Crippen LogP contribution in [-0.2, 0) is 54.3 Å². The van der Waals surface area contributed by atoms with Gasteiger partial charge in [-0.25, -0.2) is 12.2 Å². The van der Waals surface area contributed by atoms with Crippen LogP contribution in [-0.4, -0.2) is 3.21 Å². The molecule has 256 valence electrons. The molecule has 0 N–H and O–H groups in total. The average molecular weight is 775 g/mol. The van der Waals surface area contributed by atoms with Crippen LogP contribution >= 0.6 is 0 Å². The van der Waals surface area contributed by atoms with Crippen LogP contribution in [0.15, 0.2) is 109 Å². The molecule has 0 amide bonds. The molecule has 0 unspecified atom stereocenters. The Morgan fingerprint density at radius 3 is 1.76 bits per heavy atom. The van der Waals surface area contributed by atoms with E-state index in [0.717, 1.165) is 25.7 Å². The Balaban J connectivity index is 0.000000182. The van der Waals surface area contributed by atoms with Gasteiger partial charge in [0.1, 0.15) is 0 Å². The summed E-state index contributed by atoms with van der Waals surface area (Å²) in [5.41, 5.74) is 16.3. The van der Waals surface area contributed by atoms with Crippen LogP contribution in [0.4, 0.5) is 0 Å². The summed E-state index contributed by atoms with van der Waals surface area (Å²) in [4.78, 5) is 0. The molecule has 0 spiro atoms. The first-order valence-corrected chi connectivity index (χ1v) is 18.6. The van der Waals surface area contributed by atoms with Crippen LogP contribution in [0.2, 0.25) is 0 Å². The Bertz CT molecular complexity index is 1830. The van der Waals surface area contributed by atoms with Crippen molar-refractivity contribution in [2.45, 2.75) is 85.0 Å². The Kier molecular flexibility index (Phi) is 13.0. The van der Waals surface area contributed by atoms with Crippen molar-refractivity contribution in [1.29, 1.82) is 0 Å². The number of hydrogen-bond donors (Lipinski definition) is 0. The van der Waals surface area contributed by atoms with Gasteiger partial charge < -0.3 is 24.8 Å². The zero-order valence-corrected chi connectivity index (χ0v) is 34.5. The summed E-state index contributed by atoms with van der Waals surface area (Å²) in [6.45, 7) is 15.8. The first-order chi connectivity index (χ1) is 22.8. The SMILES string of the molecule is CC(C)(C)C1=CC[C-]=C1.CC1(C)[C-]=Cc2cc3c(cc21)Cc1cc2c(cc1-3)C=CC2(C)C.[Cl-].[Cl-].[Zr+2]=[C](Cc1ccccc1)Cc1ccccc1. The fourth-order valence-electron chi connectivity index (χ4n) is 7.07. The van der Waals surface area contributed by atoms with Crippen molar-refractivity contribution >= 4 is 15.4 Å². The van der Waals surface area contributed by atoms with Gasteiger partial charge in [0, 0.05) is 5.41 Å². The Hall–Kier alpha value is -2.83. The molecular formula is C47H48Cl2Zr-2. The van der Waals surface area contributed by atoms with E-state index in [2.05, 4.69) is 176 Å².